The highest BCUT2D eigenvalue weighted by molar-refractivity contribution is 5.67. The van der Waals surface area contributed by atoms with E-state index in [4.69, 9.17) is 5.26 Å². The summed E-state index contributed by atoms with van der Waals surface area (Å²) in [6, 6.07) is 22.1. The van der Waals surface area contributed by atoms with Crippen LogP contribution < -0.4 is 5.32 Å². The molecule has 0 heterocycles. The fraction of sp³-hybridized carbons (Fsp3) is 0.381. The fourth-order valence-corrected chi connectivity index (χ4v) is 3.53. The zero-order valence-corrected chi connectivity index (χ0v) is 13.5. The third-order valence-corrected chi connectivity index (χ3v) is 4.91. The number of nitriles is 1. The van der Waals surface area contributed by atoms with Gasteiger partial charge in [-0.15, -0.1) is 0 Å². The number of hydrogen-bond donors (Lipinski definition) is 1. The van der Waals surface area contributed by atoms with Crippen LogP contribution in [0.4, 0.5) is 0 Å². The molecule has 2 aromatic rings. The van der Waals surface area contributed by atoms with Gasteiger partial charge in [0.05, 0.1) is 6.07 Å². The molecule has 0 unspecified atom stereocenters. The normalized spacial score (nSPS) is 20.8. The van der Waals surface area contributed by atoms with Crippen molar-refractivity contribution >= 4 is 0 Å². The van der Waals surface area contributed by atoms with E-state index in [1.807, 2.05) is 0 Å². The second-order valence-electron chi connectivity index (χ2n) is 6.48. The van der Waals surface area contributed by atoms with E-state index in [0.717, 1.165) is 13.0 Å². The van der Waals surface area contributed by atoms with Crippen molar-refractivity contribution in [3.63, 3.8) is 0 Å². The van der Waals surface area contributed by atoms with Crippen LogP contribution >= 0.6 is 0 Å². The molecule has 0 aliphatic heterocycles. The first-order valence-electron chi connectivity index (χ1n) is 8.60. The zero-order chi connectivity index (χ0) is 15.9. The molecular formula is C21H24N2. The van der Waals surface area contributed by atoms with Crippen LogP contribution in [0.25, 0.3) is 11.1 Å². The van der Waals surface area contributed by atoms with Crippen LogP contribution in [0, 0.1) is 17.2 Å². The van der Waals surface area contributed by atoms with Crippen molar-refractivity contribution in [3.05, 3.63) is 60.2 Å². The van der Waals surface area contributed by atoms with Gasteiger partial charge in [-0.3, -0.25) is 0 Å². The molecule has 2 aromatic carbocycles. The molecule has 1 aliphatic rings. The van der Waals surface area contributed by atoms with Gasteiger partial charge in [0.15, 0.2) is 0 Å². The molecule has 118 valence electrons. The maximum Gasteiger partial charge on any atom is 0.0624 e. The molecule has 2 nitrogen and oxygen atoms in total. The molecule has 0 spiro atoms. The van der Waals surface area contributed by atoms with Gasteiger partial charge in [-0.25, -0.2) is 0 Å². The lowest BCUT2D eigenvalue weighted by atomic mass is 9.84. The molecule has 0 atom stereocenters. The number of rotatable bonds is 5. The summed E-state index contributed by atoms with van der Waals surface area (Å²) in [5.41, 5.74) is 3.96. The van der Waals surface area contributed by atoms with Crippen LogP contribution in [0.5, 0.6) is 0 Å². The van der Waals surface area contributed by atoms with Crippen LogP contribution in [0.2, 0.25) is 0 Å². The Balaban J connectivity index is 1.61. The molecule has 23 heavy (non-hydrogen) atoms. The monoisotopic (exact) mass is 304 g/mol. The Bertz CT molecular complexity index is 649. The van der Waals surface area contributed by atoms with E-state index < -0.39 is 0 Å². The summed E-state index contributed by atoms with van der Waals surface area (Å²) in [6.45, 7) is 0.915. The zero-order valence-electron chi connectivity index (χ0n) is 13.5. The van der Waals surface area contributed by atoms with Crippen LogP contribution in [-0.2, 0) is 6.54 Å². The molecule has 0 amide bonds. The van der Waals surface area contributed by atoms with Gasteiger partial charge in [-0.1, -0.05) is 54.6 Å². The van der Waals surface area contributed by atoms with Crippen molar-refractivity contribution in [2.24, 2.45) is 5.92 Å². The minimum absolute atomic E-state index is 0.591. The molecule has 0 radical (unpaired) electrons. The van der Waals surface area contributed by atoms with E-state index in [0.29, 0.717) is 12.0 Å². The Kier molecular flexibility index (Phi) is 5.45. The lowest BCUT2D eigenvalue weighted by Gasteiger charge is -2.28. The average Bonchev–Trinajstić information content (AvgIpc) is 2.62. The molecule has 1 aliphatic carbocycles. The van der Waals surface area contributed by atoms with Crippen molar-refractivity contribution in [2.45, 2.75) is 44.7 Å². The minimum Gasteiger partial charge on any atom is -0.310 e. The predicted octanol–water partition coefficient (Wildman–Crippen LogP) is 4.92. The molecule has 1 N–H and O–H groups in total. The summed E-state index contributed by atoms with van der Waals surface area (Å²) < 4.78 is 0. The molecule has 2 heteroatoms. The summed E-state index contributed by atoms with van der Waals surface area (Å²) in [5, 5.41) is 12.5. The van der Waals surface area contributed by atoms with E-state index >= 15 is 0 Å². The highest BCUT2D eigenvalue weighted by Crippen LogP contribution is 2.28. The molecule has 3 rings (SSSR count). The summed E-state index contributed by atoms with van der Waals surface area (Å²) in [4.78, 5) is 0. The van der Waals surface area contributed by atoms with Crippen LogP contribution in [0.1, 0.15) is 37.7 Å². The van der Waals surface area contributed by atoms with Gasteiger partial charge >= 0.3 is 0 Å². The molecule has 0 bridgehead atoms. The van der Waals surface area contributed by atoms with Crippen LogP contribution in [0.3, 0.4) is 0 Å². The second-order valence-corrected chi connectivity index (χ2v) is 6.48. The highest BCUT2D eigenvalue weighted by atomic mass is 14.9. The first-order chi connectivity index (χ1) is 11.4. The molecule has 0 saturated heterocycles. The van der Waals surface area contributed by atoms with Gasteiger partial charge in [-0.2, -0.15) is 5.26 Å². The van der Waals surface area contributed by atoms with Gasteiger partial charge in [0.2, 0.25) is 0 Å². The Morgan fingerprint density at radius 1 is 0.913 bits per heavy atom. The first-order valence-corrected chi connectivity index (χ1v) is 8.60. The third kappa shape index (κ3) is 4.21. The summed E-state index contributed by atoms with van der Waals surface area (Å²) in [7, 11) is 0. The van der Waals surface area contributed by atoms with Crippen molar-refractivity contribution < 1.29 is 0 Å². The Morgan fingerprint density at radius 2 is 1.61 bits per heavy atom. The first kappa shape index (κ1) is 15.8. The topological polar surface area (TPSA) is 35.8 Å². The molecule has 1 saturated carbocycles. The van der Waals surface area contributed by atoms with E-state index in [2.05, 4.69) is 66.0 Å². The Hall–Kier alpha value is -2.11. The van der Waals surface area contributed by atoms with E-state index in [1.165, 1.54) is 42.4 Å². The third-order valence-electron chi connectivity index (χ3n) is 4.91. The lowest BCUT2D eigenvalue weighted by molar-refractivity contribution is 0.294. The Morgan fingerprint density at radius 3 is 2.35 bits per heavy atom. The van der Waals surface area contributed by atoms with Gasteiger partial charge in [0.1, 0.15) is 0 Å². The van der Waals surface area contributed by atoms with Crippen LogP contribution in [0.15, 0.2) is 54.6 Å². The lowest BCUT2D eigenvalue weighted by Crippen LogP contribution is -2.32. The van der Waals surface area contributed by atoms with Crippen molar-refractivity contribution in [1.29, 1.82) is 5.26 Å². The number of nitrogens with one attached hydrogen (secondary N) is 1. The molecule has 1 fully saturated rings. The largest absolute Gasteiger partial charge is 0.310 e. The van der Waals surface area contributed by atoms with Gasteiger partial charge in [-0.05, 0) is 48.3 Å². The SMILES string of the molecule is N#CCC1CCC(NCc2ccccc2-c2ccccc2)CC1. The number of nitrogens with zero attached hydrogens (tertiary/aromatic N) is 1. The average molecular weight is 304 g/mol. The maximum atomic E-state index is 8.81. The van der Waals surface area contributed by atoms with E-state index in [-0.39, 0.29) is 0 Å². The Labute approximate surface area is 139 Å². The summed E-state index contributed by atoms with van der Waals surface area (Å²) >= 11 is 0. The van der Waals surface area contributed by atoms with Crippen LogP contribution in [-0.4, -0.2) is 6.04 Å². The number of hydrogen-bond acceptors (Lipinski definition) is 2. The summed E-state index contributed by atoms with van der Waals surface area (Å²) in [5.74, 6) is 0.620. The predicted molar refractivity (Wildman–Crippen MR) is 94.7 cm³/mol. The molecule has 0 aromatic heterocycles. The van der Waals surface area contributed by atoms with Crippen molar-refractivity contribution in [2.75, 3.05) is 0 Å². The minimum atomic E-state index is 0.591. The van der Waals surface area contributed by atoms with Gasteiger partial charge in [0.25, 0.3) is 0 Å². The fourth-order valence-electron chi connectivity index (χ4n) is 3.53. The quantitative estimate of drug-likeness (QED) is 0.851. The van der Waals surface area contributed by atoms with E-state index in [9.17, 15) is 0 Å². The van der Waals surface area contributed by atoms with Gasteiger partial charge in [0, 0.05) is 19.0 Å². The molecular weight excluding hydrogens is 280 g/mol. The summed E-state index contributed by atoms with van der Waals surface area (Å²) in [6.07, 6.45) is 5.49. The standard InChI is InChI=1S/C21H24N2/c22-15-14-17-10-12-20(13-11-17)23-16-19-8-4-5-9-21(19)18-6-2-1-3-7-18/h1-9,17,20,23H,10-14,16H2. The van der Waals surface area contributed by atoms with E-state index in [1.54, 1.807) is 0 Å². The van der Waals surface area contributed by atoms with Crippen molar-refractivity contribution in [3.8, 4) is 17.2 Å². The highest BCUT2D eigenvalue weighted by Gasteiger charge is 2.20. The maximum absolute atomic E-state index is 8.81. The van der Waals surface area contributed by atoms with Gasteiger partial charge < -0.3 is 5.32 Å². The van der Waals surface area contributed by atoms with Crippen molar-refractivity contribution in [1.82, 2.24) is 5.32 Å². The number of benzene rings is 2. The second kappa shape index (κ2) is 7.94. The smallest absolute Gasteiger partial charge is 0.0624 e.